The van der Waals surface area contributed by atoms with Gasteiger partial charge in [-0.05, 0) is 44.4 Å². The van der Waals surface area contributed by atoms with E-state index in [1.165, 1.54) is 12.1 Å². The number of piperidine rings is 1. The van der Waals surface area contributed by atoms with Crippen molar-refractivity contribution in [1.82, 2.24) is 20.4 Å². The molecule has 3 rings (SSSR count). The van der Waals surface area contributed by atoms with E-state index in [1.54, 1.807) is 4.90 Å². The first-order chi connectivity index (χ1) is 15.6. The molecule has 33 heavy (non-hydrogen) atoms. The molecule has 1 aromatic carbocycles. The van der Waals surface area contributed by atoms with Crippen molar-refractivity contribution in [2.75, 3.05) is 59.1 Å². The third kappa shape index (κ3) is 8.56. The molecule has 0 spiro atoms. The van der Waals surface area contributed by atoms with Gasteiger partial charge in [0.2, 0.25) is 0 Å². The number of aliphatic imine (C=N–C) groups is 1. The van der Waals surface area contributed by atoms with Gasteiger partial charge in [-0.25, -0.2) is 9.18 Å². The van der Waals surface area contributed by atoms with Crippen LogP contribution < -0.4 is 10.6 Å². The van der Waals surface area contributed by atoms with Gasteiger partial charge in [-0.1, -0.05) is 12.1 Å². The average molecular weight is 577 g/mol. The fourth-order valence-electron chi connectivity index (χ4n) is 4.12. The van der Waals surface area contributed by atoms with Crippen LogP contribution in [0.5, 0.6) is 0 Å². The number of carbonyl (C=O) groups excluding carboxylic acids is 1. The minimum atomic E-state index is -0.237. The summed E-state index contributed by atoms with van der Waals surface area (Å²) in [5.74, 6) is 0.532. The number of amides is 1. The molecule has 0 aliphatic carbocycles. The third-order valence-electron chi connectivity index (χ3n) is 5.87. The zero-order chi connectivity index (χ0) is 22.8. The van der Waals surface area contributed by atoms with Gasteiger partial charge < -0.3 is 25.0 Å². The summed E-state index contributed by atoms with van der Waals surface area (Å²) in [6, 6.07) is 7.00. The van der Waals surface area contributed by atoms with Gasteiger partial charge in [-0.15, -0.1) is 24.0 Å². The largest absolute Gasteiger partial charge is 0.450 e. The number of carbonyl (C=O) groups is 1. The number of rotatable bonds is 7. The summed E-state index contributed by atoms with van der Waals surface area (Å²) >= 11 is 0. The highest BCUT2D eigenvalue weighted by molar-refractivity contribution is 14.0. The highest BCUT2D eigenvalue weighted by Gasteiger charge is 2.25. The first-order valence-corrected chi connectivity index (χ1v) is 11.6. The molecule has 2 aliphatic heterocycles. The maximum absolute atomic E-state index is 13.5. The van der Waals surface area contributed by atoms with E-state index in [2.05, 4.69) is 15.5 Å². The normalized spacial score (nSPS) is 18.9. The van der Waals surface area contributed by atoms with Crippen molar-refractivity contribution in [1.29, 1.82) is 0 Å². The molecule has 0 bridgehead atoms. The van der Waals surface area contributed by atoms with E-state index in [-0.39, 0.29) is 48.0 Å². The van der Waals surface area contributed by atoms with Crippen LogP contribution in [0.2, 0.25) is 0 Å². The number of halogens is 2. The number of hydrogen-bond donors (Lipinski definition) is 2. The summed E-state index contributed by atoms with van der Waals surface area (Å²) in [6.45, 7) is 9.95. The molecule has 1 atom stereocenters. The fourth-order valence-corrected chi connectivity index (χ4v) is 4.12. The first kappa shape index (κ1) is 27.6. The zero-order valence-corrected chi connectivity index (χ0v) is 21.9. The molecule has 2 N–H and O–H groups in total. The molecule has 0 radical (unpaired) electrons. The van der Waals surface area contributed by atoms with Gasteiger partial charge in [0.05, 0.1) is 32.4 Å². The Labute approximate surface area is 213 Å². The molecule has 2 fully saturated rings. The van der Waals surface area contributed by atoms with Crippen molar-refractivity contribution >= 4 is 36.0 Å². The lowest BCUT2D eigenvalue weighted by Crippen LogP contribution is -2.50. The Balaban J connectivity index is 0.00000385. The van der Waals surface area contributed by atoms with Gasteiger partial charge in [-0.2, -0.15) is 0 Å². The molecule has 8 nitrogen and oxygen atoms in total. The highest BCUT2D eigenvalue weighted by atomic mass is 127. The summed E-state index contributed by atoms with van der Waals surface area (Å²) in [5.41, 5.74) is 1.05. The Morgan fingerprint density at radius 2 is 1.85 bits per heavy atom. The predicted molar refractivity (Wildman–Crippen MR) is 138 cm³/mol. The van der Waals surface area contributed by atoms with Crippen molar-refractivity contribution in [2.24, 2.45) is 4.99 Å². The Kier molecular flexibility index (Phi) is 12.2. The van der Waals surface area contributed by atoms with E-state index in [4.69, 9.17) is 14.5 Å². The molecule has 10 heteroatoms. The molecule has 0 aromatic heterocycles. The van der Waals surface area contributed by atoms with Gasteiger partial charge in [0.1, 0.15) is 5.82 Å². The van der Waals surface area contributed by atoms with E-state index in [0.29, 0.717) is 39.5 Å². The molecule has 2 saturated heterocycles. The molecule has 1 aromatic rings. The molecular formula is C23H37FIN5O3. The van der Waals surface area contributed by atoms with Gasteiger partial charge in [0, 0.05) is 38.8 Å². The summed E-state index contributed by atoms with van der Waals surface area (Å²) in [4.78, 5) is 20.9. The Morgan fingerprint density at radius 3 is 2.45 bits per heavy atom. The average Bonchev–Trinajstić information content (AvgIpc) is 2.82. The monoisotopic (exact) mass is 577 g/mol. The quantitative estimate of drug-likeness (QED) is 0.295. The fraction of sp³-hybridized carbons (Fsp3) is 0.652. The molecular weight excluding hydrogens is 540 g/mol. The van der Waals surface area contributed by atoms with E-state index in [0.717, 1.165) is 44.0 Å². The predicted octanol–water partition coefficient (Wildman–Crippen LogP) is 2.99. The van der Waals surface area contributed by atoms with Gasteiger partial charge in [0.15, 0.2) is 5.96 Å². The number of hydrogen-bond acceptors (Lipinski definition) is 5. The van der Waals surface area contributed by atoms with E-state index in [1.807, 2.05) is 26.0 Å². The summed E-state index contributed by atoms with van der Waals surface area (Å²) < 4.78 is 24.1. The number of benzene rings is 1. The summed E-state index contributed by atoms with van der Waals surface area (Å²) in [7, 11) is 0. The van der Waals surface area contributed by atoms with Crippen LogP contribution in [0.3, 0.4) is 0 Å². The number of nitrogens with one attached hydrogen (secondary N) is 2. The van der Waals surface area contributed by atoms with Crippen LogP contribution in [0.1, 0.15) is 38.3 Å². The standard InChI is InChI=1S/C23H36FN5O3.HI/c1-3-25-22(27-20-9-11-29(12-10-20)23(30)32-4-2)26-17-21(28-13-15-31-16-14-28)18-5-7-19(24)8-6-18;/h5-8,20-21H,3-4,9-17H2,1-2H3,(H2,25,26,27);1H. The lowest BCUT2D eigenvalue weighted by molar-refractivity contribution is 0.0179. The van der Waals surface area contributed by atoms with Crippen LogP contribution in [-0.2, 0) is 9.47 Å². The van der Waals surface area contributed by atoms with Crippen molar-refractivity contribution < 1.29 is 18.7 Å². The van der Waals surface area contributed by atoms with Crippen molar-refractivity contribution in [3.8, 4) is 0 Å². The van der Waals surface area contributed by atoms with Crippen LogP contribution in [0.15, 0.2) is 29.3 Å². The lowest BCUT2D eigenvalue weighted by atomic mass is 10.0. The molecule has 2 heterocycles. The summed E-state index contributed by atoms with van der Waals surface area (Å²) in [5, 5.41) is 6.86. The van der Waals surface area contributed by atoms with Crippen LogP contribution in [0.4, 0.5) is 9.18 Å². The smallest absolute Gasteiger partial charge is 0.409 e. The molecule has 1 unspecified atom stereocenters. The van der Waals surface area contributed by atoms with Crippen LogP contribution in [0, 0.1) is 5.82 Å². The molecule has 0 saturated carbocycles. The van der Waals surface area contributed by atoms with Crippen molar-refractivity contribution in [3.63, 3.8) is 0 Å². The number of nitrogens with zero attached hydrogens (tertiary/aromatic N) is 3. The minimum Gasteiger partial charge on any atom is -0.450 e. The van der Waals surface area contributed by atoms with Crippen molar-refractivity contribution in [2.45, 2.75) is 38.8 Å². The zero-order valence-electron chi connectivity index (χ0n) is 19.6. The topological polar surface area (TPSA) is 78.4 Å². The Morgan fingerprint density at radius 1 is 1.18 bits per heavy atom. The summed E-state index contributed by atoms with van der Waals surface area (Å²) in [6.07, 6.45) is 1.45. The van der Waals surface area contributed by atoms with Crippen LogP contribution in [0.25, 0.3) is 0 Å². The second kappa shape index (κ2) is 14.6. The second-order valence-corrected chi connectivity index (χ2v) is 8.04. The van der Waals surface area contributed by atoms with Crippen LogP contribution in [-0.4, -0.2) is 87.0 Å². The van der Waals surface area contributed by atoms with Gasteiger partial charge in [0.25, 0.3) is 0 Å². The Hall–Kier alpha value is -1.66. The Bertz CT molecular complexity index is 738. The van der Waals surface area contributed by atoms with E-state index >= 15 is 0 Å². The second-order valence-electron chi connectivity index (χ2n) is 8.04. The number of ether oxygens (including phenoxy) is 2. The lowest BCUT2D eigenvalue weighted by Gasteiger charge is -2.34. The molecule has 186 valence electrons. The number of guanidine groups is 1. The molecule has 1 amide bonds. The first-order valence-electron chi connectivity index (χ1n) is 11.6. The van der Waals surface area contributed by atoms with Gasteiger partial charge >= 0.3 is 6.09 Å². The van der Waals surface area contributed by atoms with Crippen LogP contribution >= 0.6 is 24.0 Å². The number of likely N-dealkylation sites (tertiary alicyclic amines) is 1. The van der Waals surface area contributed by atoms with E-state index < -0.39 is 0 Å². The highest BCUT2D eigenvalue weighted by Crippen LogP contribution is 2.23. The maximum atomic E-state index is 13.5. The maximum Gasteiger partial charge on any atom is 0.409 e. The SMILES string of the molecule is CCNC(=NCC(c1ccc(F)cc1)N1CCOCC1)NC1CCN(C(=O)OCC)CC1.I. The third-order valence-corrected chi connectivity index (χ3v) is 5.87. The van der Waals surface area contributed by atoms with E-state index in [9.17, 15) is 9.18 Å². The molecule has 2 aliphatic rings. The minimum absolute atomic E-state index is 0. The van der Waals surface area contributed by atoms with Gasteiger partial charge in [-0.3, -0.25) is 9.89 Å². The number of morpholine rings is 1. The van der Waals surface area contributed by atoms with Crippen molar-refractivity contribution in [3.05, 3.63) is 35.6 Å².